The van der Waals surface area contributed by atoms with E-state index in [-0.39, 0.29) is 5.91 Å². The van der Waals surface area contributed by atoms with Gasteiger partial charge in [-0.15, -0.1) is 0 Å². The molecule has 104 valence electrons. The van der Waals surface area contributed by atoms with Crippen molar-refractivity contribution < 1.29 is 4.79 Å². The van der Waals surface area contributed by atoms with E-state index in [9.17, 15) is 4.79 Å². The fraction of sp³-hybridized carbons (Fsp3) is 0.533. The van der Waals surface area contributed by atoms with Gasteiger partial charge in [0.15, 0.2) is 0 Å². The smallest absolute Gasteiger partial charge is 0.251 e. The van der Waals surface area contributed by atoms with E-state index in [1.165, 1.54) is 31.5 Å². The Morgan fingerprint density at radius 3 is 2.53 bits per heavy atom. The summed E-state index contributed by atoms with van der Waals surface area (Å²) < 4.78 is 0. The Morgan fingerprint density at radius 1 is 1.21 bits per heavy atom. The van der Waals surface area contributed by atoms with Crippen molar-refractivity contribution in [1.82, 2.24) is 10.2 Å². The topological polar surface area (TPSA) is 32.3 Å². The van der Waals surface area contributed by atoms with Crippen molar-refractivity contribution in [3.8, 4) is 0 Å². The highest BCUT2D eigenvalue weighted by atomic mass is 79.9. The van der Waals surface area contributed by atoms with Crippen molar-refractivity contribution in [2.24, 2.45) is 0 Å². The van der Waals surface area contributed by atoms with Gasteiger partial charge in [-0.25, -0.2) is 0 Å². The van der Waals surface area contributed by atoms with Crippen LogP contribution in [0.3, 0.4) is 0 Å². The quantitative estimate of drug-likeness (QED) is 0.644. The molecule has 2 rings (SSSR count). The van der Waals surface area contributed by atoms with Crippen LogP contribution in [0.1, 0.15) is 35.2 Å². The summed E-state index contributed by atoms with van der Waals surface area (Å²) in [6, 6.07) is 7.72. The number of halogens is 1. The maximum absolute atomic E-state index is 11.9. The van der Waals surface area contributed by atoms with Gasteiger partial charge >= 0.3 is 0 Å². The molecule has 1 aliphatic rings. The first-order valence-corrected chi connectivity index (χ1v) is 8.07. The molecule has 1 amide bonds. The molecular formula is C15H21BrN2O. The lowest BCUT2D eigenvalue weighted by molar-refractivity contribution is 0.0952. The van der Waals surface area contributed by atoms with Crippen LogP contribution >= 0.6 is 15.9 Å². The predicted octanol–water partition coefficient (Wildman–Crippen LogP) is 2.80. The first kappa shape index (κ1) is 14.5. The molecule has 1 saturated heterocycles. The third-order valence-corrected chi connectivity index (χ3v) is 4.15. The number of hydrogen-bond acceptors (Lipinski definition) is 2. The zero-order valence-corrected chi connectivity index (χ0v) is 12.8. The van der Waals surface area contributed by atoms with Gasteiger partial charge in [0, 0.05) is 17.4 Å². The molecule has 1 fully saturated rings. The number of nitrogens with zero attached hydrogens (tertiary/aromatic N) is 1. The Balaban J connectivity index is 1.68. The normalized spacial score (nSPS) is 15.6. The van der Waals surface area contributed by atoms with Crippen molar-refractivity contribution in [2.45, 2.75) is 24.6 Å². The zero-order chi connectivity index (χ0) is 13.5. The summed E-state index contributed by atoms with van der Waals surface area (Å²) in [5.41, 5.74) is 1.93. The maximum Gasteiger partial charge on any atom is 0.251 e. The Hall–Kier alpha value is -0.870. The van der Waals surface area contributed by atoms with Gasteiger partial charge in [0.2, 0.25) is 0 Å². The van der Waals surface area contributed by atoms with Crippen molar-refractivity contribution in [3.05, 3.63) is 35.4 Å². The Kier molecular flexibility index (Phi) is 5.86. The second kappa shape index (κ2) is 7.65. The number of nitrogens with one attached hydrogen (secondary N) is 1. The summed E-state index contributed by atoms with van der Waals surface area (Å²) in [4.78, 5) is 14.4. The first-order chi connectivity index (χ1) is 9.29. The molecule has 0 aliphatic carbocycles. The van der Waals surface area contributed by atoms with Gasteiger partial charge in [-0.05, 0) is 56.6 Å². The number of hydrogen-bond donors (Lipinski definition) is 1. The van der Waals surface area contributed by atoms with Gasteiger partial charge in [-0.1, -0.05) is 28.1 Å². The van der Waals surface area contributed by atoms with Crippen LogP contribution in [-0.4, -0.2) is 37.0 Å². The van der Waals surface area contributed by atoms with Crippen molar-refractivity contribution in [3.63, 3.8) is 0 Å². The van der Waals surface area contributed by atoms with E-state index in [2.05, 4.69) is 26.1 Å². The van der Waals surface area contributed by atoms with Crippen LogP contribution in [0, 0.1) is 0 Å². The molecule has 1 N–H and O–H groups in total. The molecule has 19 heavy (non-hydrogen) atoms. The van der Waals surface area contributed by atoms with Crippen molar-refractivity contribution >= 4 is 21.8 Å². The summed E-state index contributed by atoms with van der Waals surface area (Å²) >= 11 is 3.40. The molecule has 3 nitrogen and oxygen atoms in total. The van der Waals surface area contributed by atoms with Gasteiger partial charge in [0.1, 0.15) is 0 Å². The molecule has 1 aliphatic heterocycles. The molecule has 0 unspecified atom stereocenters. The molecule has 0 saturated carbocycles. The number of carbonyl (C=O) groups excluding carboxylic acids is 1. The molecule has 1 aromatic carbocycles. The monoisotopic (exact) mass is 324 g/mol. The lowest BCUT2D eigenvalue weighted by atomic mass is 10.1. The molecular weight excluding hydrogens is 304 g/mol. The largest absolute Gasteiger partial charge is 0.352 e. The fourth-order valence-corrected chi connectivity index (χ4v) is 2.73. The number of alkyl halides is 1. The standard InChI is InChI=1S/C15H21BrN2O/c16-12-13-4-6-14(7-5-13)15(19)17-8-3-11-18-9-1-2-10-18/h4-7H,1-3,8-12H2,(H,17,19). The van der Waals surface area contributed by atoms with Crippen molar-refractivity contribution in [2.75, 3.05) is 26.2 Å². The van der Waals surface area contributed by atoms with Crippen LogP contribution in [0.5, 0.6) is 0 Å². The number of amides is 1. The summed E-state index contributed by atoms with van der Waals surface area (Å²) in [5, 5.41) is 3.81. The van der Waals surface area contributed by atoms with Crippen LogP contribution in [0.4, 0.5) is 0 Å². The SMILES string of the molecule is O=C(NCCCN1CCCC1)c1ccc(CBr)cc1. The molecule has 0 bridgehead atoms. The van der Waals surface area contributed by atoms with Gasteiger partial charge in [-0.3, -0.25) is 4.79 Å². The van der Waals surface area contributed by atoms with E-state index in [4.69, 9.17) is 0 Å². The van der Waals surface area contributed by atoms with Crippen LogP contribution in [0.15, 0.2) is 24.3 Å². The molecule has 0 aromatic heterocycles. The van der Waals surface area contributed by atoms with Gasteiger partial charge in [0.05, 0.1) is 0 Å². The van der Waals surface area contributed by atoms with E-state index >= 15 is 0 Å². The minimum Gasteiger partial charge on any atom is -0.352 e. The van der Waals surface area contributed by atoms with E-state index in [0.29, 0.717) is 0 Å². The molecule has 0 spiro atoms. The van der Waals surface area contributed by atoms with Gasteiger partial charge in [-0.2, -0.15) is 0 Å². The van der Waals surface area contributed by atoms with Crippen LogP contribution in [0.2, 0.25) is 0 Å². The Morgan fingerprint density at radius 2 is 1.89 bits per heavy atom. The summed E-state index contributed by atoms with van der Waals surface area (Å²) in [7, 11) is 0. The minimum absolute atomic E-state index is 0.0301. The number of likely N-dealkylation sites (tertiary alicyclic amines) is 1. The van der Waals surface area contributed by atoms with E-state index < -0.39 is 0 Å². The molecule has 1 aromatic rings. The maximum atomic E-state index is 11.9. The highest BCUT2D eigenvalue weighted by Gasteiger charge is 2.10. The Labute approximate surface area is 123 Å². The summed E-state index contributed by atoms with van der Waals surface area (Å²) in [5.74, 6) is 0.0301. The van der Waals surface area contributed by atoms with Crippen LogP contribution in [0.25, 0.3) is 0 Å². The third kappa shape index (κ3) is 4.62. The van der Waals surface area contributed by atoms with Crippen LogP contribution in [-0.2, 0) is 5.33 Å². The van der Waals surface area contributed by atoms with Gasteiger partial charge in [0.25, 0.3) is 5.91 Å². The van der Waals surface area contributed by atoms with E-state index in [1.807, 2.05) is 24.3 Å². The second-order valence-corrected chi connectivity index (χ2v) is 5.55. The average molecular weight is 325 g/mol. The predicted molar refractivity (Wildman–Crippen MR) is 81.7 cm³/mol. The van der Waals surface area contributed by atoms with Crippen LogP contribution < -0.4 is 5.32 Å². The highest BCUT2D eigenvalue weighted by Crippen LogP contribution is 2.08. The zero-order valence-electron chi connectivity index (χ0n) is 11.2. The highest BCUT2D eigenvalue weighted by molar-refractivity contribution is 9.08. The van der Waals surface area contributed by atoms with E-state index in [0.717, 1.165) is 30.4 Å². The lowest BCUT2D eigenvalue weighted by Crippen LogP contribution is -2.28. The molecule has 0 radical (unpaired) electrons. The Bertz CT molecular complexity index is 399. The summed E-state index contributed by atoms with van der Waals surface area (Å²) in [6.45, 7) is 4.31. The lowest BCUT2D eigenvalue weighted by Gasteiger charge is -2.14. The average Bonchev–Trinajstić information content (AvgIpc) is 2.96. The first-order valence-electron chi connectivity index (χ1n) is 6.95. The summed E-state index contributed by atoms with van der Waals surface area (Å²) in [6.07, 6.45) is 3.68. The number of rotatable bonds is 6. The third-order valence-electron chi connectivity index (χ3n) is 3.51. The fourth-order valence-electron chi connectivity index (χ4n) is 2.36. The molecule has 4 heteroatoms. The number of benzene rings is 1. The molecule has 0 atom stereocenters. The number of carbonyl (C=O) groups is 1. The minimum atomic E-state index is 0.0301. The van der Waals surface area contributed by atoms with E-state index in [1.54, 1.807) is 0 Å². The van der Waals surface area contributed by atoms with Crippen molar-refractivity contribution in [1.29, 1.82) is 0 Å². The molecule has 1 heterocycles. The second-order valence-electron chi connectivity index (χ2n) is 4.99. The van der Waals surface area contributed by atoms with Gasteiger partial charge < -0.3 is 10.2 Å².